The van der Waals surface area contributed by atoms with E-state index in [0.29, 0.717) is 11.6 Å². The van der Waals surface area contributed by atoms with Gasteiger partial charge in [0.2, 0.25) is 0 Å². The van der Waals surface area contributed by atoms with Gasteiger partial charge in [0, 0.05) is 10.9 Å². The number of hydrogen-bond acceptors (Lipinski definition) is 1. The predicted octanol–water partition coefficient (Wildman–Crippen LogP) is 3.06. The summed E-state index contributed by atoms with van der Waals surface area (Å²) in [5, 5.41) is 10.2. The van der Waals surface area contributed by atoms with Crippen molar-refractivity contribution in [2.75, 3.05) is 0 Å². The van der Waals surface area contributed by atoms with Crippen LogP contribution in [0.2, 0.25) is 0 Å². The molecule has 0 saturated carbocycles. The van der Waals surface area contributed by atoms with Crippen molar-refractivity contribution in [1.29, 1.82) is 0 Å². The standard InChI is InChI=1S/C13H15NO2/c1-8(2)7-10-9-5-3-4-6-11(9)14-12(10)13(15)16/h3-6,8,14H,7H2,1-2H3,(H,15,16). The van der Waals surface area contributed by atoms with E-state index in [1.54, 1.807) is 0 Å². The van der Waals surface area contributed by atoms with Crippen molar-refractivity contribution in [3.63, 3.8) is 0 Å². The molecule has 84 valence electrons. The number of aromatic amines is 1. The van der Waals surface area contributed by atoms with Gasteiger partial charge >= 0.3 is 5.97 Å². The Hall–Kier alpha value is -1.77. The molecule has 2 N–H and O–H groups in total. The lowest BCUT2D eigenvalue weighted by atomic mass is 10.00. The second-order valence-corrected chi connectivity index (χ2v) is 4.43. The maximum Gasteiger partial charge on any atom is 0.352 e. The molecule has 0 fully saturated rings. The molecule has 1 heterocycles. The molecule has 0 bridgehead atoms. The fourth-order valence-electron chi connectivity index (χ4n) is 2.00. The van der Waals surface area contributed by atoms with Crippen molar-refractivity contribution in [1.82, 2.24) is 4.98 Å². The molecule has 0 aliphatic carbocycles. The fraction of sp³-hybridized carbons (Fsp3) is 0.308. The summed E-state index contributed by atoms with van der Waals surface area (Å²) in [7, 11) is 0. The Morgan fingerprint density at radius 1 is 1.38 bits per heavy atom. The van der Waals surface area contributed by atoms with Gasteiger partial charge in [0.25, 0.3) is 0 Å². The fourth-order valence-corrected chi connectivity index (χ4v) is 2.00. The van der Waals surface area contributed by atoms with Crippen molar-refractivity contribution >= 4 is 16.9 Å². The van der Waals surface area contributed by atoms with Crippen LogP contribution in [0.15, 0.2) is 24.3 Å². The zero-order valence-corrected chi connectivity index (χ0v) is 9.45. The first-order chi connectivity index (χ1) is 7.59. The van der Waals surface area contributed by atoms with Crippen LogP contribution >= 0.6 is 0 Å². The summed E-state index contributed by atoms with van der Waals surface area (Å²) in [6, 6.07) is 7.72. The van der Waals surface area contributed by atoms with E-state index in [1.807, 2.05) is 24.3 Å². The number of H-pyrrole nitrogens is 1. The summed E-state index contributed by atoms with van der Waals surface area (Å²) in [5.74, 6) is -0.441. The van der Waals surface area contributed by atoms with Crippen LogP contribution in [0.4, 0.5) is 0 Å². The number of hydrogen-bond donors (Lipinski definition) is 2. The summed E-state index contributed by atoms with van der Waals surface area (Å²) in [6.45, 7) is 4.18. The van der Waals surface area contributed by atoms with Gasteiger partial charge in [-0.25, -0.2) is 4.79 Å². The Balaban J connectivity index is 2.64. The van der Waals surface area contributed by atoms with E-state index >= 15 is 0 Å². The van der Waals surface area contributed by atoms with Crippen LogP contribution in [-0.4, -0.2) is 16.1 Å². The molecule has 0 amide bonds. The summed E-state index contributed by atoms with van der Waals surface area (Å²) in [4.78, 5) is 14.1. The van der Waals surface area contributed by atoms with Gasteiger partial charge in [-0.05, 0) is 24.0 Å². The molecule has 1 aromatic carbocycles. The Labute approximate surface area is 94.1 Å². The average Bonchev–Trinajstić information content (AvgIpc) is 2.57. The lowest BCUT2D eigenvalue weighted by molar-refractivity contribution is 0.0690. The van der Waals surface area contributed by atoms with E-state index in [2.05, 4.69) is 18.8 Å². The summed E-state index contributed by atoms with van der Waals surface area (Å²) in [5.41, 5.74) is 2.14. The normalized spacial score (nSPS) is 11.2. The van der Waals surface area contributed by atoms with E-state index in [1.165, 1.54) is 0 Å². The quantitative estimate of drug-likeness (QED) is 0.830. The van der Waals surface area contributed by atoms with Gasteiger partial charge in [-0.15, -0.1) is 0 Å². The van der Waals surface area contributed by atoms with Crippen molar-refractivity contribution < 1.29 is 9.90 Å². The molecule has 3 nitrogen and oxygen atoms in total. The molecule has 3 heteroatoms. The molecular weight excluding hydrogens is 202 g/mol. The second-order valence-electron chi connectivity index (χ2n) is 4.43. The van der Waals surface area contributed by atoms with Crippen molar-refractivity contribution in [3.8, 4) is 0 Å². The Morgan fingerprint density at radius 3 is 2.69 bits per heavy atom. The highest BCUT2D eigenvalue weighted by Crippen LogP contribution is 2.24. The van der Waals surface area contributed by atoms with E-state index < -0.39 is 5.97 Å². The smallest absolute Gasteiger partial charge is 0.352 e. The number of carbonyl (C=O) groups is 1. The van der Waals surface area contributed by atoms with Gasteiger partial charge < -0.3 is 10.1 Å². The second kappa shape index (κ2) is 4.00. The predicted molar refractivity (Wildman–Crippen MR) is 63.8 cm³/mol. The van der Waals surface area contributed by atoms with Gasteiger partial charge in [-0.2, -0.15) is 0 Å². The lowest BCUT2D eigenvalue weighted by Gasteiger charge is -2.04. The SMILES string of the molecule is CC(C)Cc1c(C(=O)O)[nH]c2ccccc12. The molecule has 16 heavy (non-hydrogen) atoms. The number of rotatable bonds is 3. The number of aromatic carboxylic acids is 1. The zero-order chi connectivity index (χ0) is 11.7. The monoisotopic (exact) mass is 217 g/mol. The van der Waals surface area contributed by atoms with E-state index in [-0.39, 0.29) is 0 Å². The third-order valence-corrected chi connectivity index (χ3v) is 2.64. The summed E-state index contributed by atoms with van der Waals surface area (Å²) in [6.07, 6.45) is 0.783. The summed E-state index contributed by atoms with van der Waals surface area (Å²) >= 11 is 0. The third-order valence-electron chi connectivity index (χ3n) is 2.64. The lowest BCUT2D eigenvalue weighted by Crippen LogP contribution is -2.03. The summed E-state index contributed by atoms with van der Waals surface area (Å²) < 4.78 is 0. The number of benzene rings is 1. The Kier molecular flexibility index (Phi) is 2.69. The molecule has 2 rings (SSSR count). The van der Waals surface area contributed by atoms with Gasteiger partial charge in [0.15, 0.2) is 0 Å². The molecule has 0 atom stereocenters. The first-order valence-electron chi connectivity index (χ1n) is 5.42. The number of carboxylic acids is 1. The molecular formula is C13H15NO2. The van der Waals surface area contributed by atoms with E-state index in [9.17, 15) is 4.79 Å². The molecule has 0 spiro atoms. The van der Waals surface area contributed by atoms with Crippen LogP contribution in [-0.2, 0) is 6.42 Å². The maximum atomic E-state index is 11.1. The van der Waals surface area contributed by atoms with Gasteiger partial charge in [0.05, 0.1) is 0 Å². The first-order valence-corrected chi connectivity index (χ1v) is 5.42. The number of fused-ring (bicyclic) bond motifs is 1. The van der Waals surface area contributed by atoms with Crippen LogP contribution in [0.3, 0.4) is 0 Å². The first kappa shape index (κ1) is 10.7. The van der Waals surface area contributed by atoms with Crippen molar-refractivity contribution in [3.05, 3.63) is 35.5 Å². The number of nitrogens with one attached hydrogen (secondary N) is 1. The third kappa shape index (κ3) is 1.81. The molecule has 2 aromatic rings. The zero-order valence-electron chi connectivity index (χ0n) is 9.45. The minimum absolute atomic E-state index is 0.329. The Bertz CT molecular complexity index is 526. The molecule has 0 saturated heterocycles. The number of aromatic nitrogens is 1. The highest BCUT2D eigenvalue weighted by molar-refractivity contribution is 5.97. The van der Waals surface area contributed by atoms with Crippen molar-refractivity contribution in [2.45, 2.75) is 20.3 Å². The molecule has 0 aliphatic heterocycles. The van der Waals surface area contributed by atoms with E-state index in [4.69, 9.17) is 5.11 Å². The van der Waals surface area contributed by atoms with E-state index in [0.717, 1.165) is 22.9 Å². The minimum Gasteiger partial charge on any atom is -0.477 e. The van der Waals surface area contributed by atoms with Crippen LogP contribution in [0.1, 0.15) is 29.9 Å². The topological polar surface area (TPSA) is 53.1 Å². The number of para-hydroxylation sites is 1. The van der Waals surface area contributed by atoms with Crippen molar-refractivity contribution in [2.24, 2.45) is 5.92 Å². The molecule has 0 radical (unpaired) electrons. The van der Waals surface area contributed by atoms with Crippen LogP contribution in [0, 0.1) is 5.92 Å². The van der Waals surface area contributed by atoms with Gasteiger partial charge in [-0.3, -0.25) is 0 Å². The average molecular weight is 217 g/mol. The minimum atomic E-state index is -0.883. The molecule has 0 aliphatic rings. The molecule has 0 unspecified atom stereocenters. The van der Waals surface area contributed by atoms with Gasteiger partial charge in [-0.1, -0.05) is 32.0 Å². The van der Waals surface area contributed by atoms with Gasteiger partial charge in [0.1, 0.15) is 5.69 Å². The number of carboxylic acid groups (broad SMARTS) is 1. The largest absolute Gasteiger partial charge is 0.477 e. The highest BCUT2D eigenvalue weighted by Gasteiger charge is 2.17. The highest BCUT2D eigenvalue weighted by atomic mass is 16.4. The van der Waals surface area contributed by atoms with Crippen LogP contribution in [0.5, 0.6) is 0 Å². The molecule has 1 aromatic heterocycles. The van der Waals surface area contributed by atoms with Crippen LogP contribution < -0.4 is 0 Å². The Morgan fingerprint density at radius 2 is 2.06 bits per heavy atom. The maximum absolute atomic E-state index is 11.1. The van der Waals surface area contributed by atoms with Crippen LogP contribution in [0.25, 0.3) is 10.9 Å².